The molecule has 4 heteroatoms. The third-order valence-corrected chi connectivity index (χ3v) is 3.71. The second kappa shape index (κ2) is 10.1. The minimum atomic E-state index is 0.0511. The molecule has 1 N–H and O–H groups in total. The summed E-state index contributed by atoms with van der Waals surface area (Å²) in [5.41, 5.74) is 0.924. The van der Waals surface area contributed by atoms with Crippen LogP contribution in [-0.2, 0) is 11.2 Å². The third-order valence-electron chi connectivity index (χ3n) is 3.71. The molecule has 1 aromatic carbocycles. The van der Waals surface area contributed by atoms with Crippen LogP contribution in [0.3, 0.4) is 0 Å². The minimum Gasteiger partial charge on any atom is -0.493 e. The summed E-state index contributed by atoms with van der Waals surface area (Å²) in [6.07, 6.45) is 6.32. The van der Waals surface area contributed by atoms with Crippen molar-refractivity contribution < 1.29 is 14.3 Å². The predicted octanol–water partition coefficient (Wildman–Crippen LogP) is 3.72. The van der Waals surface area contributed by atoms with Crippen LogP contribution in [-0.4, -0.2) is 26.2 Å². The van der Waals surface area contributed by atoms with Gasteiger partial charge in [-0.25, -0.2) is 0 Å². The van der Waals surface area contributed by atoms with Crippen molar-refractivity contribution in [1.82, 2.24) is 5.32 Å². The highest BCUT2D eigenvalue weighted by Gasteiger charge is 2.10. The molecule has 124 valence electrons. The highest BCUT2D eigenvalue weighted by molar-refractivity contribution is 5.79. The molecule has 1 atom stereocenters. The monoisotopic (exact) mass is 307 g/mol. The van der Waals surface area contributed by atoms with Crippen molar-refractivity contribution in [3.63, 3.8) is 0 Å². The molecular weight excluding hydrogens is 278 g/mol. The molecule has 0 aliphatic heterocycles. The maximum absolute atomic E-state index is 12.1. The zero-order valence-corrected chi connectivity index (χ0v) is 14.3. The number of nitrogens with one attached hydrogen (secondary N) is 1. The van der Waals surface area contributed by atoms with Gasteiger partial charge in [0.2, 0.25) is 5.91 Å². The van der Waals surface area contributed by atoms with Crippen LogP contribution < -0.4 is 14.8 Å². The molecule has 22 heavy (non-hydrogen) atoms. The number of benzene rings is 1. The fourth-order valence-electron chi connectivity index (χ4n) is 2.45. The van der Waals surface area contributed by atoms with Crippen LogP contribution in [0.5, 0.6) is 11.5 Å². The highest BCUT2D eigenvalue weighted by atomic mass is 16.5. The Labute approximate surface area is 134 Å². The van der Waals surface area contributed by atoms with Crippen molar-refractivity contribution in [2.45, 2.75) is 58.4 Å². The first kappa shape index (κ1) is 18.3. The quantitative estimate of drug-likeness (QED) is 0.670. The maximum Gasteiger partial charge on any atom is 0.224 e. The van der Waals surface area contributed by atoms with E-state index in [0.717, 1.165) is 12.0 Å². The summed E-state index contributed by atoms with van der Waals surface area (Å²) in [5, 5.41) is 3.06. The molecule has 0 saturated heterocycles. The Kier molecular flexibility index (Phi) is 8.41. The zero-order valence-electron chi connectivity index (χ0n) is 14.3. The lowest BCUT2D eigenvalue weighted by Gasteiger charge is -2.14. The van der Waals surface area contributed by atoms with Crippen molar-refractivity contribution >= 4 is 5.91 Å². The predicted molar refractivity (Wildman–Crippen MR) is 89.6 cm³/mol. The van der Waals surface area contributed by atoms with E-state index in [1.54, 1.807) is 14.2 Å². The number of hydrogen-bond donors (Lipinski definition) is 1. The van der Waals surface area contributed by atoms with Gasteiger partial charge in [-0.05, 0) is 31.0 Å². The molecule has 0 unspecified atom stereocenters. The molecule has 0 spiro atoms. The van der Waals surface area contributed by atoms with E-state index in [1.807, 2.05) is 18.2 Å². The van der Waals surface area contributed by atoms with Crippen LogP contribution in [0.1, 0.15) is 51.5 Å². The molecular formula is C18H29NO3. The van der Waals surface area contributed by atoms with Gasteiger partial charge in [0.15, 0.2) is 11.5 Å². The molecule has 0 aliphatic carbocycles. The van der Waals surface area contributed by atoms with Crippen LogP contribution in [0, 0.1) is 0 Å². The largest absolute Gasteiger partial charge is 0.493 e. The average Bonchev–Trinajstić information content (AvgIpc) is 2.51. The Balaban J connectivity index is 2.44. The van der Waals surface area contributed by atoms with Gasteiger partial charge in [-0.3, -0.25) is 4.79 Å². The molecule has 0 heterocycles. The van der Waals surface area contributed by atoms with Gasteiger partial charge in [-0.1, -0.05) is 38.7 Å². The van der Waals surface area contributed by atoms with Crippen LogP contribution in [0.4, 0.5) is 0 Å². The number of methoxy groups -OCH3 is 2. The molecule has 1 aromatic rings. The van der Waals surface area contributed by atoms with Crippen molar-refractivity contribution in [1.29, 1.82) is 0 Å². The first-order valence-corrected chi connectivity index (χ1v) is 8.11. The van der Waals surface area contributed by atoms with E-state index in [-0.39, 0.29) is 11.9 Å². The lowest BCUT2D eigenvalue weighted by atomic mass is 10.1. The Morgan fingerprint density at radius 3 is 2.50 bits per heavy atom. The standard InChI is InChI=1S/C18H29NO3/c1-5-6-7-8-9-14(2)19-18(20)13-15-10-11-16(21-3)17(12-15)22-4/h10-12,14H,5-9,13H2,1-4H3,(H,19,20)/t14-/m1/s1. The summed E-state index contributed by atoms with van der Waals surface area (Å²) >= 11 is 0. The van der Waals surface area contributed by atoms with Gasteiger partial charge >= 0.3 is 0 Å². The minimum absolute atomic E-state index is 0.0511. The van der Waals surface area contributed by atoms with Crippen LogP contribution >= 0.6 is 0 Å². The first-order chi connectivity index (χ1) is 10.6. The Hall–Kier alpha value is -1.71. The number of rotatable bonds is 10. The Bertz CT molecular complexity index is 460. The van der Waals surface area contributed by atoms with E-state index in [9.17, 15) is 4.79 Å². The zero-order chi connectivity index (χ0) is 16.4. The lowest BCUT2D eigenvalue weighted by molar-refractivity contribution is -0.121. The number of unbranched alkanes of at least 4 members (excludes halogenated alkanes) is 3. The first-order valence-electron chi connectivity index (χ1n) is 8.11. The van der Waals surface area contributed by atoms with Crippen LogP contribution in [0.2, 0.25) is 0 Å². The molecule has 0 saturated carbocycles. The van der Waals surface area contributed by atoms with Gasteiger partial charge < -0.3 is 14.8 Å². The Morgan fingerprint density at radius 1 is 1.14 bits per heavy atom. The number of carbonyl (C=O) groups excluding carboxylic acids is 1. The number of ether oxygens (including phenoxy) is 2. The number of hydrogen-bond acceptors (Lipinski definition) is 3. The van der Waals surface area contributed by atoms with Gasteiger partial charge in [-0.15, -0.1) is 0 Å². The summed E-state index contributed by atoms with van der Waals surface area (Å²) in [7, 11) is 3.20. The van der Waals surface area contributed by atoms with Gasteiger partial charge in [0.1, 0.15) is 0 Å². The Morgan fingerprint density at radius 2 is 1.86 bits per heavy atom. The SMILES string of the molecule is CCCCCC[C@@H](C)NC(=O)Cc1ccc(OC)c(OC)c1. The van der Waals surface area contributed by atoms with Gasteiger partial charge in [-0.2, -0.15) is 0 Å². The van der Waals surface area contributed by atoms with Gasteiger partial charge in [0.25, 0.3) is 0 Å². The van der Waals surface area contributed by atoms with E-state index in [2.05, 4.69) is 19.2 Å². The van der Waals surface area contributed by atoms with Crippen molar-refractivity contribution in [2.75, 3.05) is 14.2 Å². The van der Waals surface area contributed by atoms with Gasteiger partial charge in [0, 0.05) is 6.04 Å². The maximum atomic E-state index is 12.1. The van der Waals surface area contributed by atoms with Crippen molar-refractivity contribution in [2.24, 2.45) is 0 Å². The molecule has 0 bridgehead atoms. The average molecular weight is 307 g/mol. The van der Waals surface area contributed by atoms with Gasteiger partial charge in [0.05, 0.1) is 20.6 Å². The van der Waals surface area contributed by atoms with E-state index < -0.39 is 0 Å². The lowest BCUT2D eigenvalue weighted by Crippen LogP contribution is -2.33. The molecule has 0 aliphatic rings. The number of amides is 1. The van der Waals surface area contributed by atoms with E-state index in [4.69, 9.17) is 9.47 Å². The summed E-state index contributed by atoms with van der Waals surface area (Å²) in [4.78, 5) is 12.1. The normalized spacial score (nSPS) is 11.8. The topological polar surface area (TPSA) is 47.6 Å². The fraction of sp³-hybridized carbons (Fsp3) is 0.611. The smallest absolute Gasteiger partial charge is 0.224 e. The summed E-state index contributed by atoms with van der Waals surface area (Å²) in [5.74, 6) is 1.38. The van der Waals surface area contributed by atoms with Crippen LogP contribution in [0.25, 0.3) is 0 Å². The molecule has 1 amide bonds. The third kappa shape index (κ3) is 6.37. The fourth-order valence-corrected chi connectivity index (χ4v) is 2.45. The second-order valence-corrected chi connectivity index (χ2v) is 5.68. The summed E-state index contributed by atoms with van der Waals surface area (Å²) in [6, 6.07) is 5.80. The van der Waals surface area contributed by atoms with Crippen molar-refractivity contribution in [3.05, 3.63) is 23.8 Å². The molecule has 0 radical (unpaired) electrons. The molecule has 1 rings (SSSR count). The van der Waals surface area contributed by atoms with E-state index >= 15 is 0 Å². The second-order valence-electron chi connectivity index (χ2n) is 5.68. The summed E-state index contributed by atoms with van der Waals surface area (Å²) < 4.78 is 10.5. The van der Waals surface area contributed by atoms with Crippen LogP contribution in [0.15, 0.2) is 18.2 Å². The highest BCUT2D eigenvalue weighted by Crippen LogP contribution is 2.27. The van der Waals surface area contributed by atoms with E-state index in [1.165, 1.54) is 25.7 Å². The molecule has 0 aromatic heterocycles. The van der Waals surface area contributed by atoms with E-state index in [0.29, 0.717) is 17.9 Å². The molecule has 4 nitrogen and oxygen atoms in total. The van der Waals surface area contributed by atoms with Crippen molar-refractivity contribution in [3.8, 4) is 11.5 Å². The number of carbonyl (C=O) groups is 1. The summed E-state index contributed by atoms with van der Waals surface area (Å²) in [6.45, 7) is 4.27. The molecule has 0 fully saturated rings.